The van der Waals surface area contributed by atoms with Crippen LogP contribution in [0.3, 0.4) is 0 Å². The highest BCUT2D eigenvalue weighted by Crippen LogP contribution is 2.27. The molecule has 22 heavy (non-hydrogen) atoms. The summed E-state index contributed by atoms with van der Waals surface area (Å²) < 4.78 is 5.42. The van der Waals surface area contributed by atoms with E-state index >= 15 is 0 Å². The van der Waals surface area contributed by atoms with Gasteiger partial charge in [0.2, 0.25) is 0 Å². The van der Waals surface area contributed by atoms with Crippen molar-refractivity contribution < 1.29 is 14.0 Å². The van der Waals surface area contributed by atoms with E-state index in [0.717, 1.165) is 25.0 Å². The molecule has 116 valence electrons. The second kappa shape index (κ2) is 6.04. The number of likely N-dealkylation sites (N-methyl/N-ethyl adjacent to an activating group) is 1. The van der Waals surface area contributed by atoms with Crippen molar-refractivity contribution >= 4 is 23.0 Å². The Bertz CT molecular complexity index is 717. The molecule has 1 aliphatic rings. The summed E-state index contributed by atoms with van der Waals surface area (Å²) in [6.45, 7) is 2.56. The maximum absolute atomic E-state index is 12.6. The van der Waals surface area contributed by atoms with Gasteiger partial charge in [0.15, 0.2) is 5.78 Å². The number of fused-ring (bicyclic) bond motifs is 1. The number of Topliss-reactive ketones (excluding diaryl/α,β-unsaturated/α-hetero) is 1. The number of rotatable bonds is 4. The van der Waals surface area contributed by atoms with E-state index in [1.807, 2.05) is 12.4 Å². The van der Waals surface area contributed by atoms with Gasteiger partial charge in [-0.1, -0.05) is 0 Å². The van der Waals surface area contributed by atoms with Crippen LogP contribution < -0.4 is 0 Å². The first-order valence-electron chi connectivity index (χ1n) is 7.36. The maximum atomic E-state index is 12.6. The number of hydrogen-bond donors (Lipinski definition) is 0. The van der Waals surface area contributed by atoms with Gasteiger partial charge in [-0.15, -0.1) is 11.3 Å². The normalized spacial score (nSPS) is 14.0. The van der Waals surface area contributed by atoms with Crippen molar-refractivity contribution in [2.75, 3.05) is 13.6 Å². The molecular formula is C16H18N2O3S. The van der Waals surface area contributed by atoms with E-state index in [1.165, 1.54) is 11.1 Å². The van der Waals surface area contributed by atoms with Gasteiger partial charge in [0.25, 0.3) is 5.91 Å². The summed E-state index contributed by atoms with van der Waals surface area (Å²) in [6, 6.07) is 0. The number of amides is 1. The molecule has 1 amide bonds. The zero-order valence-electron chi connectivity index (χ0n) is 12.7. The average Bonchev–Trinajstić information content (AvgIpc) is 3.11. The summed E-state index contributed by atoms with van der Waals surface area (Å²) in [5.41, 5.74) is 3.74. The molecule has 0 saturated heterocycles. The van der Waals surface area contributed by atoms with Crippen molar-refractivity contribution in [1.82, 2.24) is 9.88 Å². The molecule has 0 spiro atoms. The van der Waals surface area contributed by atoms with Gasteiger partial charge in [0, 0.05) is 37.7 Å². The number of nitrogens with zero attached hydrogens (tertiary/aromatic N) is 2. The minimum Gasteiger partial charge on any atom is -0.468 e. The molecule has 0 fully saturated rings. The molecule has 1 aliphatic carbocycles. The minimum atomic E-state index is -0.151. The number of aromatic nitrogens is 1. The molecule has 0 unspecified atom stereocenters. The number of hydrogen-bond acceptors (Lipinski definition) is 5. The van der Waals surface area contributed by atoms with Crippen molar-refractivity contribution in [1.29, 1.82) is 0 Å². The minimum absolute atomic E-state index is 0.0186. The lowest BCUT2D eigenvalue weighted by atomic mass is 9.94. The second-order valence-corrected chi connectivity index (χ2v) is 6.50. The smallest absolute Gasteiger partial charge is 0.257 e. The topological polar surface area (TPSA) is 63.4 Å². The van der Waals surface area contributed by atoms with E-state index in [9.17, 15) is 9.59 Å². The Labute approximate surface area is 133 Å². The third kappa shape index (κ3) is 2.70. The van der Waals surface area contributed by atoms with E-state index in [-0.39, 0.29) is 11.7 Å². The Morgan fingerprint density at radius 3 is 3.00 bits per heavy atom. The zero-order chi connectivity index (χ0) is 15.7. The van der Waals surface area contributed by atoms with Crippen molar-refractivity contribution in [2.45, 2.75) is 32.6 Å². The fourth-order valence-corrected chi connectivity index (χ4v) is 3.49. The number of thiazole rings is 1. The van der Waals surface area contributed by atoms with Gasteiger partial charge in [-0.2, -0.15) is 0 Å². The summed E-state index contributed by atoms with van der Waals surface area (Å²) in [5, 5.41) is 0. The van der Waals surface area contributed by atoms with Crippen LogP contribution in [-0.2, 0) is 12.8 Å². The van der Waals surface area contributed by atoms with E-state index in [1.54, 1.807) is 23.3 Å². The van der Waals surface area contributed by atoms with Crippen LogP contribution in [-0.4, -0.2) is 35.2 Å². The molecule has 0 bridgehead atoms. The monoisotopic (exact) mass is 318 g/mol. The van der Waals surface area contributed by atoms with Gasteiger partial charge in [-0.3, -0.25) is 9.59 Å². The van der Waals surface area contributed by atoms with Crippen molar-refractivity contribution in [2.24, 2.45) is 0 Å². The van der Waals surface area contributed by atoms with Crippen LogP contribution in [0.5, 0.6) is 0 Å². The van der Waals surface area contributed by atoms with Crippen LogP contribution in [0.1, 0.15) is 49.9 Å². The van der Waals surface area contributed by atoms with Crippen molar-refractivity contribution in [3.05, 3.63) is 39.2 Å². The largest absolute Gasteiger partial charge is 0.468 e. The van der Waals surface area contributed by atoms with E-state index in [0.29, 0.717) is 29.9 Å². The summed E-state index contributed by atoms with van der Waals surface area (Å²) in [7, 11) is 1.76. The van der Waals surface area contributed by atoms with E-state index in [4.69, 9.17) is 4.42 Å². The first-order chi connectivity index (χ1) is 10.6. The number of furan rings is 1. The molecule has 2 aromatic heterocycles. The van der Waals surface area contributed by atoms with Crippen LogP contribution in [0.25, 0.3) is 0 Å². The van der Waals surface area contributed by atoms with Crippen LogP contribution in [0, 0.1) is 6.92 Å². The molecule has 6 heteroatoms. The Morgan fingerprint density at radius 1 is 1.45 bits per heavy atom. The Balaban J connectivity index is 1.72. The first-order valence-corrected chi connectivity index (χ1v) is 8.24. The molecule has 0 N–H and O–H groups in total. The molecule has 3 rings (SSSR count). The third-order valence-corrected chi connectivity index (χ3v) is 5.04. The molecule has 2 heterocycles. The molecule has 0 radical (unpaired) electrons. The number of carbonyl (C=O) groups excluding carboxylic acids is 2. The number of carbonyl (C=O) groups is 2. The predicted molar refractivity (Wildman–Crippen MR) is 83.5 cm³/mol. The lowest BCUT2D eigenvalue weighted by Gasteiger charge is -2.17. The van der Waals surface area contributed by atoms with Crippen LogP contribution in [0.4, 0.5) is 0 Å². The third-order valence-electron chi connectivity index (χ3n) is 4.05. The molecule has 0 aromatic carbocycles. The fourth-order valence-electron chi connectivity index (χ4n) is 2.72. The Morgan fingerprint density at radius 2 is 2.27 bits per heavy atom. The predicted octanol–water partition coefficient (Wildman–Crippen LogP) is 2.88. The van der Waals surface area contributed by atoms with Crippen LogP contribution in [0.2, 0.25) is 0 Å². The highest BCUT2D eigenvalue weighted by Gasteiger charge is 2.29. The van der Waals surface area contributed by atoms with Gasteiger partial charge in [-0.25, -0.2) is 4.98 Å². The molecule has 5 nitrogen and oxygen atoms in total. The van der Waals surface area contributed by atoms with Crippen molar-refractivity contribution in [3.63, 3.8) is 0 Å². The number of ketones is 1. The molecule has 2 aromatic rings. The molecule has 0 aliphatic heterocycles. The quantitative estimate of drug-likeness (QED) is 0.869. The molecular weight excluding hydrogens is 300 g/mol. The van der Waals surface area contributed by atoms with Gasteiger partial charge < -0.3 is 9.32 Å². The highest BCUT2D eigenvalue weighted by molar-refractivity contribution is 7.09. The standard InChI is InChI=1S/C16H18N2O3S/c1-10-14(22-9-17-10)6-7-18(2)16(20)11-8-21-13-5-3-4-12(19)15(11)13/h8-9H,3-7H2,1-2H3. The van der Waals surface area contributed by atoms with Gasteiger partial charge >= 0.3 is 0 Å². The average molecular weight is 318 g/mol. The number of aryl methyl sites for hydroxylation is 2. The Kier molecular flexibility index (Phi) is 4.11. The fraction of sp³-hybridized carbons (Fsp3) is 0.438. The SMILES string of the molecule is Cc1ncsc1CCN(C)C(=O)c1coc2c1C(=O)CCC2. The highest BCUT2D eigenvalue weighted by atomic mass is 32.1. The van der Waals surface area contributed by atoms with Gasteiger partial charge in [0.1, 0.15) is 12.0 Å². The van der Waals surface area contributed by atoms with Crippen molar-refractivity contribution in [3.8, 4) is 0 Å². The summed E-state index contributed by atoms with van der Waals surface area (Å²) in [5.74, 6) is 0.527. The maximum Gasteiger partial charge on any atom is 0.257 e. The summed E-state index contributed by atoms with van der Waals surface area (Å²) >= 11 is 1.60. The van der Waals surface area contributed by atoms with Crippen LogP contribution >= 0.6 is 11.3 Å². The Hall–Kier alpha value is -1.95. The lowest BCUT2D eigenvalue weighted by molar-refractivity contribution is 0.0789. The zero-order valence-corrected chi connectivity index (χ0v) is 13.5. The lowest BCUT2D eigenvalue weighted by Crippen LogP contribution is -2.30. The molecule has 0 atom stereocenters. The molecule has 0 saturated carbocycles. The van der Waals surface area contributed by atoms with Gasteiger partial charge in [-0.05, 0) is 13.3 Å². The van der Waals surface area contributed by atoms with Gasteiger partial charge in [0.05, 0.1) is 22.3 Å². The summed E-state index contributed by atoms with van der Waals surface area (Å²) in [4.78, 5) is 31.7. The van der Waals surface area contributed by atoms with Crippen LogP contribution in [0.15, 0.2) is 16.2 Å². The van der Waals surface area contributed by atoms with E-state index in [2.05, 4.69) is 4.98 Å². The summed E-state index contributed by atoms with van der Waals surface area (Å²) in [6.07, 6.45) is 4.24. The first kappa shape index (κ1) is 15.0. The second-order valence-electron chi connectivity index (χ2n) is 5.56. The van der Waals surface area contributed by atoms with E-state index < -0.39 is 0 Å².